The van der Waals surface area contributed by atoms with Crippen molar-refractivity contribution in [2.24, 2.45) is 4.99 Å². The molecule has 1 saturated heterocycles. The van der Waals surface area contributed by atoms with E-state index in [4.69, 9.17) is 4.99 Å². The molecule has 1 fully saturated rings. The van der Waals surface area contributed by atoms with E-state index in [1.807, 2.05) is 98.8 Å². The fourth-order valence-electron chi connectivity index (χ4n) is 2.90. The lowest BCUT2D eigenvalue weighted by atomic mass is 10.2. The van der Waals surface area contributed by atoms with Gasteiger partial charge in [-0.25, -0.2) is 4.99 Å². The number of hydrogen-bond acceptors (Lipinski definition) is 3. The molecule has 0 N–H and O–H groups in total. The normalized spacial score (nSPS) is 16.9. The maximum Gasteiger partial charge on any atom is 0.271 e. The largest absolute Gasteiger partial charge is 0.271 e. The highest BCUT2D eigenvalue weighted by Gasteiger charge is 2.34. The number of carbonyl (C=O) groups is 1. The number of carbonyl (C=O) groups excluding carboxylic acids is 1. The highest BCUT2D eigenvalue weighted by Crippen LogP contribution is 2.37. The molecule has 0 saturated carbocycles. The molecule has 0 radical (unpaired) electrons. The van der Waals surface area contributed by atoms with Gasteiger partial charge in [0.2, 0.25) is 0 Å². The van der Waals surface area contributed by atoms with E-state index in [1.54, 1.807) is 4.90 Å². The summed E-state index contributed by atoms with van der Waals surface area (Å²) >= 11 is 1.41. The first kappa shape index (κ1) is 18.3. The molecule has 1 aliphatic rings. The summed E-state index contributed by atoms with van der Waals surface area (Å²) in [5.74, 6) is -0.0523. The monoisotopic (exact) mass is 384 g/mol. The Kier molecular flexibility index (Phi) is 5.13. The van der Waals surface area contributed by atoms with Gasteiger partial charge in [0.05, 0.1) is 16.3 Å². The third-order valence-electron chi connectivity index (χ3n) is 4.45. The van der Waals surface area contributed by atoms with E-state index in [-0.39, 0.29) is 5.91 Å². The third kappa shape index (κ3) is 3.92. The molecule has 1 amide bonds. The lowest BCUT2D eigenvalue weighted by Gasteiger charge is -2.16. The van der Waals surface area contributed by atoms with Crippen molar-refractivity contribution < 1.29 is 4.79 Å². The van der Waals surface area contributed by atoms with E-state index >= 15 is 0 Å². The van der Waals surface area contributed by atoms with Crippen LogP contribution in [-0.2, 0) is 4.79 Å². The minimum atomic E-state index is -0.0523. The Labute approximate surface area is 169 Å². The molecule has 0 unspecified atom stereocenters. The van der Waals surface area contributed by atoms with Gasteiger partial charge in [-0.3, -0.25) is 9.69 Å². The van der Waals surface area contributed by atoms with Crippen LogP contribution in [0.15, 0.2) is 88.8 Å². The summed E-state index contributed by atoms with van der Waals surface area (Å²) < 4.78 is 0. The van der Waals surface area contributed by atoms with Crippen molar-refractivity contribution in [2.75, 3.05) is 4.90 Å². The maximum absolute atomic E-state index is 13.2. The van der Waals surface area contributed by atoms with Gasteiger partial charge < -0.3 is 0 Å². The zero-order valence-electron chi connectivity index (χ0n) is 15.8. The zero-order chi connectivity index (χ0) is 19.5. The fourth-order valence-corrected chi connectivity index (χ4v) is 3.90. The first-order chi connectivity index (χ1) is 13.6. The third-order valence-corrected chi connectivity index (χ3v) is 5.42. The van der Waals surface area contributed by atoms with Gasteiger partial charge in [-0.2, -0.15) is 0 Å². The van der Waals surface area contributed by atoms with Crippen molar-refractivity contribution in [3.8, 4) is 0 Å². The van der Waals surface area contributed by atoms with Crippen LogP contribution in [0.3, 0.4) is 0 Å². The topological polar surface area (TPSA) is 32.7 Å². The summed E-state index contributed by atoms with van der Waals surface area (Å²) in [6, 6.07) is 25.8. The second-order valence-electron chi connectivity index (χ2n) is 6.73. The Morgan fingerprint density at radius 1 is 0.821 bits per heavy atom. The molecule has 3 aromatic rings. The van der Waals surface area contributed by atoms with Crippen LogP contribution in [0.1, 0.15) is 16.7 Å². The van der Waals surface area contributed by atoms with Crippen LogP contribution in [0, 0.1) is 13.8 Å². The SMILES string of the molecule is Cc1ccc(N=C2S/C(=C\c3ccccc3)C(=O)N2c2ccc(C)cc2)cc1. The van der Waals surface area contributed by atoms with Gasteiger partial charge >= 0.3 is 0 Å². The average molecular weight is 385 g/mol. The van der Waals surface area contributed by atoms with Crippen LogP contribution in [0.5, 0.6) is 0 Å². The molecule has 0 bridgehead atoms. The maximum atomic E-state index is 13.2. The van der Waals surface area contributed by atoms with Crippen LogP contribution in [0.4, 0.5) is 11.4 Å². The van der Waals surface area contributed by atoms with E-state index in [0.717, 1.165) is 22.5 Å². The molecule has 28 heavy (non-hydrogen) atoms. The Hall–Kier alpha value is -3.11. The van der Waals surface area contributed by atoms with E-state index in [0.29, 0.717) is 10.1 Å². The minimum absolute atomic E-state index is 0.0523. The van der Waals surface area contributed by atoms with Crippen LogP contribution >= 0.6 is 11.8 Å². The van der Waals surface area contributed by atoms with Crippen LogP contribution in [-0.4, -0.2) is 11.1 Å². The lowest BCUT2D eigenvalue weighted by molar-refractivity contribution is -0.113. The number of benzene rings is 3. The number of aryl methyl sites for hydroxylation is 2. The first-order valence-corrected chi connectivity index (χ1v) is 9.93. The molecule has 3 aromatic carbocycles. The second kappa shape index (κ2) is 7.87. The van der Waals surface area contributed by atoms with Crippen LogP contribution in [0.25, 0.3) is 6.08 Å². The molecule has 4 rings (SSSR count). The Morgan fingerprint density at radius 2 is 1.43 bits per heavy atom. The molecule has 4 heteroatoms. The number of nitrogens with zero attached hydrogens (tertiary/aromatic N) is 2. The molecular formula is C24H20N2OS. The number of aliphatic imine (C=N–C) groups is 1. The molecule has 0 spiro atoms. The van der Waals surface area contributed by atoms with Crippen molar-refractivity contribution in [1.82, 2.24) is 0 Å². The summed E-state index contributed by atoms with van der Waals surface area (Å²) in [4.78, 5) is 20.3. The first-order valence-electron chi connectivity index (χ1n) is 9.11. The molecular weight excluding hydrogens is 364 g/mol. The Morgan fingerprint density at radius 3 is 2.07 bits per heavy atom. The summed E-state index contributed by atoms with van der Waals surface area (Å²) in [6.07, 6.45) is 1.92. The van der Waals surface area contributed by atoms with Crippen molar-refractivity contribution in [2.45, 2.75) is 13.8 Å². The molecule has 3 nitrogen and oxygen atoms in total. The van der Waals surface area contributed by atoms with Gasteiger partial charge in [-0.1, -0.05) is 65.7 Å². The van der Waals surface area contributed by atoms with Gasteiger partial charge in [-0.05, 0) is 61.5 Å². The number of anilines is 1. The molecule has 1 heterocycles. The van der Waals surface area contributed by atoms with Gasteiger partial charge in [-0.15, -0.1) is 0 Å². The van der Waals surface area contributed by atoms with Crippen molar-refractivity contribution in [3.63, 3.8) is 0 Å². The molecule has 1 aliphatic heterocycles. The molecule has 0 aromatic heterocycles. The summed E-state index contributed by atoms with van der Waals surface area (Å²) in [5, 5.41) is 0.667. The zero-order valence-corrected chi connectivity index (χ0v) is 16.6. The van der Waals surface area contributed by atoms with Gasteiger partial charge in [0.25, 0.3) is 5.91 Å². The predicted molar refractivity (Wildman–Crippen MR) is 119 cm³/mol. The fraction of sp³-hybridized carbons (Fsp3) is 0.0833. The summed E-state index contributed by atoms with van der Waals surface area (Å²) in [7, 11) is 0. The van der Waals surface area contributed by atoms with Gasteiger partial charge in [0.15, 0.2) is 5.17 Å². The number of hydrogen-bond donors (Lipinski definition) is 0. The molecule has 138 valence electrons. The number of amides is 1. The van der Waals surface area contributed by atoms with Crippen molar-refractivity contribution >= 4 is 40.3 Å². The number of thioether (sulfide) groups is 1. The van der Waals surface area contributed by atoms with E-state index in [2.05, 4.69) is 0 Å². The number of rotatable bonds is 3. The minimum Gasteiger partial charge on any atom is -0.268 e. The van der Waals surface area contributed by atoms with Gasteiger partial charge in [0, 0.05) is 0 Å². The summed E-state index contributed by atoms with van der Waals surface area (Å²) in [5.41, 5.74) is 4.99. The average Bonchev–Trinajstić information content (AvgIpc) is 3.00. The Bertz CT molecular complexity index is 1050. The predicted octanol–water partition coefficient (Wildman–Crippen LogP) is 6.11. The highest BCUT2D eigenvalue weighted by molar-refractivity contribution is 8.19. The molecule has 0 atom stereocenters. The van der Waals surface area contributed by atoms with E-state index in [1.165, 1.54) is 17.3 Å². The van der Waals surface area contributed by atoms with Crippen molar-refractivity contribution in [1.29, 1.82) is 0 Å². The standard InChI is InChI=1S/C24H20N2OS/c1-17-8-12-20(13-9-17)25-24-26(21-14-10-18(2)11-15-21)23(27)22(28-24)16-19-6-4-3-5-7-19/h3-16H,1-2H3/b22-16-,25-24?. The highest BCUT2D eigenvalue weighted by atomic mass is 32.2. The van der Waals surface area contributed by atoms with E-state index < -0.39 is 0 Å². The van der Waals surface area contributed by atoms with Gasteiger partial charge in [0.1, 0.15) is 0 Å². The van der Waals surface area contributed by atoms with Crippen LogP contribution < -0.4 is 4.90 Å². The summed E-state index contributed by atoms with van der Waals surface area (Å²) in [6.45, 7) is 4.08. The Balaban J connectivity index is 1.77. The smallest absolute Gasteiger partial charge is 0.268 e. The quantitative estimate of drug-likeness (QED) is 0.510. The lowest BCUT2D eigenvalue weighted by Crippen LogP contribution is -2.28. The second-order valence-corrected chi connectivity index (χ2v) is 7.74. The van der Waals surface area contributed by atoms with Crippen molar-refractivity contribution in [3.05, 3.63) is 100 Å². The molecule has 0 aliphatic carbocycles. The number of amidine groups is 1. The van der Waals surface area contributed by atoms with Crippen LogP contribution in [0.2, 0.25) is 0 Å². The van der Waals surface area contributed by atoms with E-state index in [9.17, 15) is 4.79 Å².